The number of benzene rings is 1. The molecule has 0 aliphatic carbocycles. The van der Waals surface area contributed by atoms with Crippen molar-refractivity contribution in [3.63, 3.8) is 0 Å². The third-order valence-electron chi connectivity index (χ3n) is 1.81. The van der Waals surface area contributed by atoms with Crippen molar-refractivity contribution >= 4 is 11.6 Å². The van der Waals surface area contributed by atoms with Crippen molar-refractivity contribution < 1.29 is 4.74 Å². The van der Waals surface area contributed by atoms with E-state index in [1.165, 1.54) is 5.56 Å². The topological polar surface area (TPSA) is 9.23 Å². The monoisotopic (exact) mass is 212 g/mol. The van der Waals surface area contributed by atoms with Crippen LogP contribution in [0.1, 0.15) is 26.3 Å². The first-order chi connectivity index (χ1) is 6.58. The van der Waals surface area contributed by atoms with Gasteiger partial charge < -0.3 is 4.74 Å². The Morgan fingerprint density at radius 2 is 1.71 bits per heavy atom. The average molecular weight is 213 g/mol. The van der Waals surface area contributed by atoms with E-state index in [1.807, 2.05) is 32.9 Å². The fourth-order valence-corrected chi connectivity index (χ4v) is 1.48. The van der Waals surface area contributed by atoms with Crippen LogP contribution >= 0.6 is 11.6 Å². The highest BCUT2D eigenvalue weighted by Gasteiger charge is 2.00. The minimum Gasteiger partial charge on any atom is -0.491 e. The summed E-state index contributed by atoms with van der Waals surface area (Å²) in [5.74, 6) is 0.922. The van der Waals surface area contributed by atoms with Gasteiger partial charge in [0.1, 0.15) is 5.75 Å². The van der Waals surface area contributed by atoms with Crippen LogP contribution < -0.4 is 4.74 Å². The van der Waals surface area contributed by atoms with Crippen LogP contribution in [0.15, 0.2) is 24.3 Å². The van der Waals surface area contributed by atoms with Crippen molar-refractivity contribution in [3.8, 4) is 5.75 Å². The molecule has 0 aromatic heterocycles. The molecule has 0 amide bonds. The summed E-state index contributed by atoms with van der Waals surface area (Å²) in [5.41, 5.74) is 1.25. The number of hydrogen-bond donors (Lipinski definition) is 0. The summed E-state index contributed by atoms with van der Waals surface area (Å²) in [4.78, 5) is 0. The van der Waals surface area contributed by atoms with Gasteiger partial charge in [0.15, 0.2) is 0 Å². The average Bonchev–Trinajstić information content (AvgIpc) is 2.06. The van der Waals surface area contributed by atoms with Gasteiger partial charge >= 0.3 is 0 Å². The maximum Gasteiger partial charge on any atom is 0.119 e. The van der Waals surface area contributed by atoms with Gasteiger partial charge in [0.25, 0.3) is 0 Å². The number of ether oxygens (including phenoxy) is 1. The Hall–Kier alpha value is -0.690. The van der Waals surface area contributed by atoms with Crippen LogP contribution in [0, 0.1) is 0 Å². The van der Waals surface area contributed by atoms with Gasteiger partial charge in [-0.3, -0.25) is 0 Å². The van der Waals surface area contributed by atoms with Crippen LogP contribution in [0.3, 0.4) is 0 Å². The highest BCUT2D eigenvalue weighted by molar-refractivity contribution is 6.20. The van der Waals surface area contributed by atoms with Gasteiger partial charge in [0.05, 0.1) is 6.10 Å². The largest absolute Gasteiger partial charge is 0.491 e. The first-order valence-electron chi connectivity index (χ1n) is 4.97. The van der Waals surface area contributed by atoms with Gasteiger partial charge in [0.2, 0.25) is 0 Å². The number of alkyl halides is 1. The zero-order valence-corrected chi connectivity index (χ0v) is 9.71. The quantitative estimate of drug-likeness (QED) is 0.693. The molecule has 0 heterocycles. The summed E-state index contributed by atoms with van der Waals surface area (Å²) < 4.78 is 5.54. The molecule has 2 heteroatoms. The molecule has 14 heavy (non-hydrogen) atoms. The lowest BCUT2D eigenvalue weighted by molar-refractivity contribution is 0.242. The normalized spacial score (nSPS) is 12.9. The van der Waals surface area contributed by atoms with Gasteiger partial charge in [-0.1, -0.05) is 12.1 Å². The third kappa shape index (κ3) is 4.01. The molecule has 1 aromatic rings. The molecule has 0 radical (unpaired) electrons. The molecule has 1 aromatic carbocycles. The lowest BCUT2D eigenvalue weighted by atomic mass is 10.1. The van der Waals surface area contributed by atoms with E-state index in [1.54, 1.807) is 0 Å². The van der Waals surface area contributed by atoms with Crippen molar-refractivity contribution in [1.82, 2.24) is 0 Å². The standard InChI is InChI=1S/C12H17ClO/c1-9(2)14-12-6-4-11(5-7-12)8-10(3)13/h4-7,9-10H,8H2,1-3H3. The van der Waals surface area contributed by atoms with Crippen LogP contribution in [-0.2, 0) is 6.42 Å². The molecule has 78 valence electrons. The Morgan fingerprint density at radius 3 is 2.14 bits per heavy atom. The summed E-state index contributed by atoms with van der Waals surface area (Å²) >= 11 is 5.91. The zero-order valence-electron chi connectivity index (χ0n) is 8.96. The second-order valence-corrected chi connectivity index (χ2v) is 4.54. The Bertz CT molecular complexity index is 235. The summed E-state index contributed by atoms with van der Waals surface area (Å²) in [7, 11) is 0. The second kappa shape index (κ2) is 5.26. The van der Waals surface area contributed by atoms with Gasteiger partial charge in [-0.25, -0.2) is 0 Å². The van der Waals surface area contributed by atoms with Crippen LogP contribution in [-0.4, -0.2) is 11.5 Å². The van der Waals surface area contributed by atoms with E-state index < -0.39 is 0 Å². The van der Waals surface area contributed by atoms with Crippen molar-refractivity contribution in [2.24, 2.45) is 0 Å². The summed E-state index contributed by atoms with van der Waals surface area (Å²) in [6, 6.07) is 8.12. The summed E-state index contributed by atoms with van der Waals surface area (Å²) in [5, 5.41) is 0.187. The van der Waals surface area contributed by atoms with Gasteiger partial charge in [-0.2, -0.15) is 0 Å². The predicted octanol–water partition coefficient (Wildman–Crippen LogP) is 3.64. The molecule has 1 atom stereocenters. The van der Waals surface area contributed by atoms with Crippen molar-refractivity contribution in [1.29, 1.82) is 0 Å². The molecule has 0 fully saturated rings. The fourth-order valence-electron chi connectivity index (χ4n) is 1.30. The second-order valence-electron chi connectivity index (χ2n) is 3.80. The van der Waals surface area contributed by atoms with Gasteiger partial charge in [0, 0.05) is 5.38 Å². The van der Waals surface area contributed by atoms with Crippen molar-refractivity contribution in [2.45, 2.75) is 38.7 Å². The van der Waals surface area contributed by atoms with Gasteiger partial charge in [-0.05, 0) is 44.9 Å². The molecule has 0 saturated heterocycles. The minimum absolute atomic E-state index is 0.187. The van der Waals surface area contributed by atoms with Crippen molar-refractivity contribution in [2.75, 3.05) is 0 Å². The number of rotatable bonds is 4. The van der Waals surface area contributed by atoms with Crippen LogP contribution in [0.4, 0.5) is 0 Å². The maximum atomic E-state index is 5.91. The maximum absolute atomic E-state index is 5.91. The number of halogens is 1. The molecule has 0 saturated carbocycles. The number of hydrogen-bond acceptors (Lipinski definition) is 1. The molecular weight excluding hydrogens is 196 g/mol. The van der Waals surface area contributed by atoms with Gasteiger partial charge in [-0.15, -0.1) is 11.6 Å². The predicted molar refractivity (Wildman–Crippen MR) is 61.2 cm³/mol. The minimum atomic E-state index is 0.187. The Balaban J connectivity index is 2.59. The molecule has 1 unspecified atom stereocenters. The first-order valence-corrected chi connectivity index (χ1v) is 5.41. The Morgan fingerprint density at radius 1 is 1.14 bits per heavy atom. The fraction of sp³-hybridized carbons (Fsp3) is 0.500. The first kappa shape index (κ1) is 11.4. The summed E-state index contributed by atoms with van der Waals surface area (Å²) in [6.07, 6.45) is 1.14. The van der Waals surface area contributed by atoms with E-state index >= 15 is 0 Å². The highest BCUT2D eigenvalue weighted by atomic mass is 35.5. The molecule has 1 rings (SSSR count). The van der Waals surface area contributed by atoms with E-state index in [0.717, 1.165) is 12.2 Å². The SMILES string of the molecule is CC(Cl)Cc1ccc(OC(C)C)cc1. The van der Waals surface area contributed by atoms with E-state index in [0.29, 0.717) is 0 Å². The lowest BCUT2D eigenvalue weighted by Crippen LogP contribution is -2.05. The van der Waals surface area contributed by atoms with E-state index in [4.69, 9.17) is 16.3 Å². The van der Waals surface area contributed by atoms with E-state index in [-0.39, 0.29) is 11.5 Å². The molecule has 0 spiro atoms. The molecule has 0 aliphatic heterocycles. The smallest absolute Gasteiger partial charge is 0.119 e. The molecule has 1 nitrogen and oxygen atoms in total. The Kier molecular flexibility index (Phi) is 4.27. The zero-order chi connectivity index (χ0) is 10.6. The van der Waals surface area contributed by atoms with Crippen LogP contribution in [0.25, 0.3) is 0 Å². The molecule has 0 aliphatic rings. The van der Waals surface area contributed by atoms with E-state index in [9.17, 15) is 0 Å². The lowest BCUT2D eigenvalue weighted by Gasteiger charge is -2.10. The highest BCUT2D eigenvalue weighted by Crippen LogP contribution is 2.15. The van der Waals surface area contributed by atoms with E-state index in [2.05, 4.69) is 12.1 Å². The van der Waals surface area contributed by atoms with Crippen LogP contribution in [0.2, 0.25) is 0 Å². The Labute approximate surface area is 91.0 Å². The third-order valence-corrected chi connectivity index (χ3v) is 1.97. The van der Waals surface area contributed by atoms with Crippen molar-refractivity contribution in [3.05, 3.63) is 29.8 Å². The molecule has 0 bridgehead atoms. The molecular formula is C12H17ClO. The summed E-state index contributed by atoms with van der Waals surface area (Å²) in [6.45, 7) is 6.05. The molecule has 0 N–H and O–H groups in total. The van der Waals surface area contributed by atoms with Crippen LogP contribution in [0.5, 0.6) is 5.75 Å².